The average molecular weight is 1780 g/mol. The third-order valence-corrected chi connectivity index (χ3v) is 25.9. The lowest BCUT2D eigenvalue weighted by molar-refractivity contribution is 1.18. The third-order valence-electron chi connectivity index (χ3n) is 25.9. The first-order valence-electron chi connectivity index (χ1n) is 45.5. The molecule has 0 bridgehead atoms. The highest BCUT2D eigenvalue weighted by Gasteiger charge is 2.25. The van der Waals surface area contributed by atoms with E-state index in [2.05, 4.69) is 383 Å². The number of fused-ring (bicyclic) bond motifs is 12. The lowest BCUT2D eigenvalue weighted by Gasteiger charge is -2.14. The van der Waals surface area contributed by atoms with E-state index in [0.29, 0.717) is 67.3 Å². The smallest absolute Gasteiger partial charge is 0.196 e. The predicted octanol–water partition coefficient (Wildman–Crippen LogP) is 34.2. The maximum absolute atomic E-state index is 9.74. The van der Waals surface area contributed by atoms with Gasteiger partial charge in [-0.1, -0.05) is 328 Å². The first kappa shape index (κ1) is 86.2. The van der Waals surface area contributed by atoms with Gasteiger partial charge in [0.05, 0.1) is 100 Å². The molecule has 12 nitrogen and oxygen atoms in total. The normalized spacial score (nSPS) is 10.8. The molecule has 24 rings (SSSR count). The van der Waals surface area contributed by atoms with E-state index in [4.69, 9.17) is 26.3 Å². The summed E-state index contributed by atoms with van der Waals surface area (Å²) >= 11 is 0. The monoisotopic (exact) mass is 1780 g/mol. The Bertz CT molecular complexity index is 9270. The number of aromatic nitrogens is 4. The van der Waals surface area contributed by atoms with Gasteiger partial charge >= 0.3 is 0 Å². The minimum absolute atomic E-state index is 0.486. The Hall–Kier alpha value is -20.5. The molecule has 12 heteroatoms. The third kappa shape index (κ3) is 15.8. The van der Waals surface area contributed by atoms with Crippen LogP contribution in [-0.4, -0.2) is 18.3 Å². The number of hydrogen-bond donors (Lipinski definition) is 0. The fourth-order valence-electron chi connectivity index (χ4n) is 19.7. The molecule has 0 spiro atoms. The Labute approximate surface area is 808 Å². The van der Waals surface area contributed by atoms with Gasteiger partial charge in [-0.05, 0) is 189 Å². The van der Waals surface area contributed by atoms with E-state index in [-0.39, 0.29) is 0 Å². The second-order valence-corrected chi connectivity index (χ2v) is 33.6. The van der Waals surface area contributed by atoms with Crippen LogP contribution in [0.1, 0.15) is 22.3 Å². The SMILES string of the molecule is [C-]#[N+]c1cccc(C#N)c1-c1ccc2c(c1)c1cccc(-c3ccccc3)c1n2-c1ccccc1.[C-]#[N+]c1cccc(C#N)c1-c1ccc2c(c1)c1ccccc1n2-c1ccc(-c2ccccc2)cc1.[C-]#[N+]c1cccc(C#N)c1-c1ccc2c(c1)c1ccccc1n2-c1cccc(-c2ccccc2)c1.[C-]#[N+]c1cccc(C#N)c1-c1ccc2c(c1)c1ccccc1n2-c1ccccc1-c1ccccc1. The summed E-state index contributed by atoms with van der Waals surface area (Å²) in [5.41, 5.74) is 32.8. The van der Waals surface area contributed by atoms with Gasteiger partial charge in [0.1, 0.15) is 0 Å². The van der Waals surface area contributed by atoms with Gasteiger partial charge in [0.15, 0.2) is 22.7 Å². The molecule has 0 fully saturated rings. The first-order chi connectivity index (χ1) is 69.2. The highest BCUT2D eigenvalue weighted by molar-refractivity contribution is 6.17. The van der Waals surface area contributed by atoms with Crippen LogP contribution in [0.15, 0.2) is 461 Å². The molecule has 0 aliphatic carbocycles. The molecule has 4 aromatic heterocycles. The van der Waals surface area contributed by atoms with Crippen LogP contribution >= 0.6 is 0 Å². The molecule has 0 unspecified atom stereocenters. The topological polar surface area (TPSA) is 132 Å². The van der Waals surface area contributed by atoms with Crippen LogP contribution in [0.5, 0.6) is 0 Å². The minimum atomic E-state index is 0.486. The Morgan fingerprint density at radius 1 is 0.179 bits per heavy atom. The molecule has 24 aromatic rings. The molecule has 0 aliphatic rings. The average Bonchev–Trinajstić information content (AvgIpc) is 1.61. The van der Waals surface area contributed by atoms with Gasteiger partial charge in [0, 0.05) is 116 Å². The van der Waals surface area contributed by atoms with Crippen molar-refractivity contribution in [3.05, 3.63) is 529 Å². The number of para-hydroxylation sites is 6. The standard InChI is InChI=1S/4C32H19N3/c1-34-29-17-8-12-24(21-33)31(29)23-18-19-30-28(20-23)27-16-9-15-26(22-10-4-2-5-11-22)32(27)35(30)25-13-6-3-7-14-25;1-34-28-15-9-12-24(21-33)32(28)23-18-19-31-27(20-23)26-14-6-8-17-30(26)35(31)29-16-7-5-13-25(29)22-10-3-2-4-11-22;1-34-29-15-8-12-25(21-33)32(29)24-17-18-31-28(20-24)27-14-5-6-16-30(27)35(31)26-13-7-11-23(19-26)22-9-3-2-4-10-22;1-34-29-12-7-10-25(21-33)32(29)24-16-19-31-28(20-24)27-11-5-6-13-30(27)35(31)26-17-14-23(15-18-26)22-8-3-2-4-9-22/h4*2-20H. The zero-order valence-corrected chi connectivity index (χ0v) is 75.2. The number of benzene rings is 20. The lowest BCUT2D eigenvalue weighted by atomic mass is 9.96. The number of nitriles is 4. The molecule has 0 amide bonds. The molecule has 648 valence electrons. The van der Waals surface area contributed by atoms with E-state index in [0.717, 1.165) is 160 Å². The van der Waals surface area contributed by atoms with Crippen molar-refractivity contribution in [1.29, 1.82) is 21.0 Å². The van der Waals surface area contributed by atoms with Crippen molar-refractivity contribution in [2.75, 3.05) is 0 Å². The van der Waals surface area contributed by atoms with Crippen LogP contribution in [0.2, 0.25) is 0 Å². The molecule has 20 aromatic carbocycles. The maximum atomic E-state index is 9.74. The summed E-state index contributed by atoms with van der Waals surface area (Å²) in [5.74, 6) is 0. The predicted molar refractivity (Wildman–Crippen MR) is 571 cm³/mol. The molecule has 0 saturated carbocycles. The number of rotatable bonds is 12. The van der Waals surface area contributed by atoms with Crippen LogP contribution in [0.3, 0.4) is 0 Å². The van der Waals surface area contributed by atoms with Crippen molar-refractivity contribution < 1.29 is 0 Å². The maximum Gasteiger partial charge on any atom is 0.196 e. The summed E-state index contributed by atoms with van der Waals surface area (Å²) in [6.45, 7) is 30.5. The van der Waals surface area contributed by atoms with Crippen molar-refractivity contribution in [2.45, 2.75) is 0 Å². The van der Waals surface area contributed by atoms with E-state index >= 15 is 0 Å². The van der Waals surface area contributed by atoms with Crippen molar-refractivity contribution in [2.24, 2.45) is 0 Å². The summed E-state index contributed by atoms with van der Waals surface area (Å²) in [6.07, 6.45) is 0. The quantitative estimate of drug-likeness (QED) is 0.113. The Kier molecular flexibility index (Phi) is 23.4. The van der Waals surface area contributed by atoms with E-state index in [1.807, 2.05) is 66.7 Å². The Morgan fingerprint density at radius 3 is 0.871 bits per heavy atom. The highest BCUT2D eigenvalue weighted by atomic mass is 15.0. The van der Waals surface area contributed by atoms with Crippen molar-refractivity contribution >= 4 is 110 Å². The first-order valence-corrected chi connectivity index (χ1v) is 45.5. The molecule has 0 saturated heterocycles. The Balaban J connectivity index is 0.000000111. The molecular weight excluding hydrogens is 1710 g/mol. The lowest BCUT2D eigenvalue weighted by Crippen LogP contribution is -1.97. The van der Waals surface area contributed by atoms with Crippen LogP contribution in [0, 0.1) is 71.6 Å². The molecule has 0 radical (unpaired) electrons. The summed E-state index contributed by atoms with van der Waals surface area (Å²) < 4.78 is 9.17. The molecule has 0 N–H and O–H groups in total. The van der Waals surface area contributed by atoms with E-state index in [1.54, 1.807) is 72.8 Å². The van der Waals surface area contributed by atoms with Crippen molar-refractivity contribution in [1.82, 2.24) is 18.3 Å². The molecule has 140 heavy (non-hydrogen) atoms. The number of hydrogen-bond acceptors (Lipinski definition) is 4. The zero-order valence-electron chi connectivity index (χ0n) is 75.2. The van der Waals surface area contributed by atoms with E-state index in [9.17, 15) is 21.0 Å². The Morgan fingerprint density at radius 2 is 0.450 bits per heavy atom. The summed E-state index contributed by atoms with van der Waals surface area (Å²) in [5, 5.41) is 47.7. The molecule has 4 heterocycles. The highest BCUT2D eigenvalue weighted by Crippen LogP contribution is 2.48. The van der Waals surface area contributed by atoms with Gasteiger partial charge in [-0.2, -0.15) is 21.0 Å². The summed E-state index contributed by atoms with van der Waals surface area (Å²) in [6, 6.07) is 164. The largest absolute Gasteiger partial charge is 0.309 e. The molecular formula is C128H76N12. The van der Waals surface area contributed by atoms with Crippen LogP contribution in [0.4, 0.5) is 22.7 Å². The second kappa shape index (κ2) is 38.0. The summed E-state index contributed by atoms with van der Waals surface area (Å²) in [4.78, 5) is 14.7. The van der Waals surface area contributed by atoms with Gasteiger partial charge < -0.3 is 18.3 Å². The molecule has 0 atom stereocenters. The minimum Gasteiger partial charge on any atom is -0.309 e. The van der Waals surface area contributed by atoms with Gasteiger partial charge in [0.25, 0.3) is 0 Å². The van der Waals surface area contributed by atoms with Gasteiger partial charge in [-0.3, -0.25) is 0 Å². The number of nitrogens with zero attached hydrogens (tertiary/aromatic N) is 12. The molecule has 0 aliphatic heterocycles. The van der Waals surface area contributed by atoms with Gasteiger partial charge in [-0.25, -0.2) is 19.4 Å². The fourth-order valence-corrected chi connectivity index (χ4v) is 19.7. The van der Waals surface area contributed by atoms with Gasteiger partial charge in [0.2, 0.25) is 0 Å². The fraction of sp³-hybridized carbons (Fsp3) is 0. The van der Waals surface area contributed by atoms with E-state index < -0.39 is 0 Å². The van der Waals surface area contributed by atoms with Crippen LogP contribution < -0.4 is 0 Å². The second-order valence-electron chi connectivity index (χ2n) is 33.6. The van der Waals surface area contributed by atoms with Crippen LogP contribution in [0.25, 0.3) is 218 Å². The van der Waals surface area contributed by atoms with Crippen molar-refractivity contribution in [3.8, 4) is 136 Å². The zero-order chi connectivity index (χ0) is 95.1. The summed E-state index contributed by atoms with van der Waals surface area (Å²) in [7, 11) is 0. The van der Waals surface area contributed by atoms with Crippen molar-refractivity contribution in [3.63, 3.8) is 0 Å². The van der Waals surface area contributed by atoms with Crippen LogP contribution in [-0.2, 0) is 0 Å². The van der Waals surface area contributed by atoms with Gasteiger partial charge in [-0.15, -0.1) is 0 Å². The van der Waals surface area contributed by atoms with E-state index in [1.165, 1.54) is 16.7 Å².